The summed E-state index contributed by atoms with van der Waals surface area (Å²) >= 11 is 0. The van der Waals surface area contributed by atoms with Crippen LogP contribution in [0.2, 0.25) is 12.6 Å². The SMILES string of the molecule is CCCO[Si](C)(CCCc1ccc(N)cc1)OCCC. The van der Waals surface area contributed by atoms with Crippen molar-refractivity contribution in [2.45, 2.75) is 52.1 Å². The van der Waals surface area contributed by atoms with E-state index in [-0.39, 0.29) is 0 Å². The molecule has 2 N–H and O–H groups in total. The van der Waals surface area contributed by atoms with E-state index < -0.39 is 8.56 Å². The summed E-state index contributed by atoms with van der Waals surface area (Å²) in [5.41, 5.74) is 7.86. The summed E-state index contributed by atoms with van der Waals surface area (Å²) in [6.45, 7) is 8.11. The standard InChI is InChI=1S/C16H29NO2Si/c1-4-12-18-20(3,19-13-5-2)14-6-7-15-8-10-16(17)11-9-15/h8-11H,4-7,12-14,17H2,1-3H3. The molecule has 0 bridgehead atoms. The molecular weight excluding hydrogens is 266 g/mol. The molecule has 0 atom stereocenters. The van der Waals surface area contributed by atoms with Gasteiger partial charge in [-0.3, -0.25) is 0 Å². The molecule has 0 spiro atoms. The molecule has 0 aromatic heterocycles. The average Bonchev–Trinajstić information content (AvgIpc) is 2.45. The van der Waals surface area contributed by atoms with Crippen LogP contribution in [0.25, 0.3) is 0 Å². The fourth-order valence-electron chi connectivity index (χ4n) is 2.12. The smallest absolute Gasteiger partial charge is 0.334 e. The van der Waals surface area contributed by atoms with Crippen molar-refractivity contribution in [1.82, 2.24) is 0 Å². The van der Waals surface area contributed by atoms with E-state index in [9.17, 15) is 0 Å². The number of anilines is 1. The van der Waals surface area contributed by atoms with Gasteiger partial charge in [0.15, 0.2) is 0 Å². The van der Waals surface area contributed by atoms with Gasteiger partial charge in [-0.05, 0) is 56.0 Å². The van der Waals surface area contributed by atoms with Gasteiger partial charge in [0.2, 0.25) is 0 Å². The van der Waals surface area contributed by atoms with Crippen LogP contribution in [0, 0.1) is 0 Å². The molecule has 0 heterocycles. The quantitative estimate of drug-likeness (QED) is 0.521. The van der Waals surface area contributed by atoms with Crippen LogP contribution in [-0.2, 0) is 15.3 Å². The first-order valence-corrected chi connectivity index (χ1v) is 10.2. The van der Waals surface area contributed by atoms with Crippen LogP contribution in [0.15, 0.2) is 24.3 Å². The summed E-state index contributed by atoms with van der Waals surface area (Å²) in [6, 6.07) is 9.19. The molecular formula is C16H29NO2Si. The van der Waals surface area contributed by atoms with E-state index >= 15 is 0 Å². The molecule has 1 aromatic rings. The Balaban J connectivity index is 2.42. The van der Waals surface area contributed by atoms with Gasteiger partial charge in [0.25, 0.3) is 0 Å². The number of aryl methyl sites for hydroxylation is 1. The lowest BCUT2D eigenvalue weighted by Crippen LogP contribution is -2.39. The monoisotopic (exact) mass is 295 g/mol. The van der Waals surface area contributed by atoms with Crippen molar-refractivity contribution in [3.63, 3.8) is 0 Å². The number of nitrogen functional groups attached to an aromatic ring is 1. The van der Waals surface area contributed by atoms with E-state index in [0.29, 0.717) is 0 Å². The fourth-order valence-corrected chi connectivity index (χ4v) is 4.58. The Kier molecular flexibility index (Phi) is 7.88. The minimum atomic E-state index is -1.98. The zero-order valence-electron chi connectivity index (χ0n) is 13.2. The van der Waals surface area contributed by atoms with E-state index in [1.54, 1.807) is 0 Å². The number of nitrogens with two attached hydrogens (primary N) is 1. The van der Waals surface area contributed by atoms with E-state index in [1.165, 1.54) is 5.56 Å². The number of hydrogen-bond acceptors (Lipinski definition) is 3. The van der Waals surface area contributed by atoms with Gasteiger partial charge in [0.05, 0.1) is 0 Å². The van der Waals surface area contributed by atoms with Crippen molar-refractivity contribution in [1.29, 1.82) is 0 Å². The Morgan fingerprint density at radius 3 is 2.05 bits per heavy atom. The van der Waals surface area contributed by atoms with E-state index in [0.717, 1.165) is 50.6 Å². The summed E-state index contributed by atoms with van der Waals surface area (Å²) < 4.78 is 12.1. The Morgan fingerprint density at radius 1 is 1.00 bits per heavy atom. The van der Waals surface area contributed by atoms with Gasteiger partial charge in [-0.15, -0.1) is 0 Å². The highest BCUT2D eigenvalue weighted by Gasteiger charge is 2.30. The van der Waals surface area contributed by atoms with Crippen LogP contribution in [0.3, 0.4) is 0 Å². The molecule has 0 aliphatic rings. The van der Waals surface area contributed by atoms with E-state index in [1.807, 2.05) is 12.1 Å². The number of rotatable bonds is 10. The first-order valence-electron chi connectivity index (χ1n) is 7.72. The van der Waals surface area contributed by atoms with Crippen molar-refractivity contribution in [2.24, 2.45) is 0 Å². The van der Waals surface area contributed by atoms with Gasteiger partial charge < -0.3 is 14.6 Å². The largest absolute Gasteiger partial charge is 0.399 e. The molecule has 1 rings (SSSR count). The van der Waals surface area contributed by atoms with Gasteiger partial charge in [-0.25, -0.2) is 0 Å². The van der Waals surface area contributed by atoms with Crippen molar-refractivity contribution < 1.29 is 8.85 Å². The van der Waals surface area contributed by atoms with Crippen LogP contribution in [-0.4, -0.2) is 21.8 Å². The lowest BCUT2D eigenvalue weighted by Gasteiger charge is -2.27. The lowest BCUT2D eigenvalue weighted by atomic mass is 10.1. The maximum Gasteiger partial charge on any atom is 0.334 e. The molecule has 0 amide bonds. The van der Waals surface area contributed by atoms with Gasteiger partial charge in [0, 0.05) is 18.9 Å². The second-order valence-electron chi connectivity index (χ2n) is 5.43. The van der Waals surface area contributed by atoms with Crippen LogP contribution in [0.4, 0.5) is 5.69 Å². The van der Waals surface area contributed by atoms with Crippen LogP contribution >= 0.6 is 0 Å². The normalized spacial score (nSPS) is 11.8. The summed E-state index contributed by atoms with van der Waals surface area (Å²) in [4.78, 5) is 0. The van der Waals surface area contributed by atoms with Crippen molar-refractivity contribution in [2.75, 3.05) is 18.9 Å². The summed E-state index contributed by atoms with van der Waals surface area (Å²) in [7, 11) is -1.98. The van der Waals surface area contributed by atoms with Crippen molar-refractivity contribution in [3.8, 4) is 0 Å². The highest BCUT2D eigenvalue weighted by molar-refractivity contribution is 6.66. The second kappa shape index (κ2) is 9.16. The molecule has 0 saturated carbocycles. The Hall–Kier alpha value is -0.843. The highest BCUT2D eigenvalue weighted by Crippen LogP contribution is 2.19. The maximum atomic E-state index is 6.03. The van der Waals surface area contributed by atoms with Crippen molar-refractivity contribution >= 4 is 14.2 Å². The average molecular weight is 295 g/mol. The zero-order valence-corrected chi connectivity index (χ0v) is 14.2. The Morgan fingerprint density at radius 2 is 1.55 bits per heavy atom. The summed E-state index contributed by atoms with van der Waals surface area (Å²) in [5.74, 6) is 0. The van der Waals surface area contributed by atoms with E-state index in [4.69, 9.17) is 14.6 Å². The summed E-state index contributed by atoms with van der Waals surface area (Å²) in [6.07, 6.45) is 4.28. The molecule has 4 heteroatoms. The topological polar surface area (TPSA) is 44.5 Å². The molecule has 1 aromatic carbocycles. The minimum absolute atomic E-state index is 0.814. The zero-order chi connectivity index (χ0) is 14.8. The molecule has 0 fully saturated rings. The van der Waals surface area contributed by atoms with Crippen LogP contribution < -0.4 is 5.73 Å². The summed E-state index contributed by atoms with van der Waals surface area (Å²) in [5, 5.41) is 0. The molecule has 0 aliphatic heterocycles. The third kappa shape index (κ3) is 6.55. The third-order valence-corrected chi connectivity index (χ3v) is 6.19. The third-order valence-electron chi connectivity index (χ3n) is 3.30. The van der Waals surface area contributed by atoms with Gasteiger partial charge in [-0.2, -0.15) is 0 Å². The van der Waals surface area contributed by atoms with Crippen LogP contribution in [0.1, 0.15) is 38.7 Å². The Labute approximate surface area is 124 Å². The molecule has 20 heavy (non-hydrogen) atoms. The van der Waals surface area contributed by atoms with Gasteiger partial charge >= 0.3 is 8.56 Å². The molecule has 0 radical (unpaired) electrons. The molecule has 114 valence electrons. The minimum Gasteiger partial charge on any atom is -0.399 e. The first-order chi connectivity index (χ1) is 9.59. The van der Waals surface area contributed by atoms with E-state index in [2.05, 4.69) is 32.5 Å². The number of hydrogen-bond donors (Lipinski definition) is 1. The van der Waals surface area contributed by atoms with Crippen LogP contribution in [0.5, 0.6) is 0 Å². The molecule has 0 aliphatic carbocycles. The predicted octanol–water partition coefficient (Wildman–Crippen LogP) is 4.13. The molecule has 0 saturated heterocycles. The maximum absolute atomic E-state index is 6.03. The number of benzene rings is 1. The van der Waals surface area contributed by atoms with Crippen molar-refractivity contribution in [3.05, 3.63) is 29.8 Å². The fraction of sp³-hybridized carbons (Fsp3) is 0.625. The second-order valence-corrected chi connectivity index (χ2v) is 8.77. The van der Waals surface area contributed by atoms with Gasteiger partial charge in [0.1, 0.15) is 0 Å². The van der Waals surface area contributed by atoms with Gasteiger partial charge in [-0.1, -0.05) is 26.0 Å². The Bertz CT molecular complexity index is 359. The molecule has 0 unspecified atom stereocenters. The highest BCUT2D eigenvalue weighted by atomic mass is 28.4. The first kappa shape index (κ1) is 17.2. The lowest BCUT2D eigenvalue weighted by molar-refractivity contribution is 0.172. The predicted molar refractivity (Wildman–Crippen MR) is 88.1 cm³/mol. The molecule has 3 nitrogen and oxygen atoms in total.